The molecule has 0 aliphatic carbocycles. The van der Waals surface area contributed by atoms with Gasteiger partial charge < -0.3 is 5.11 Å². The van der Waals surface area contributed by atoms with Crippen molar-refractivity contribution in [3.8, 4) is 5.75 Å². The van der Waals surface area contributed by atoms with E-state index in [1.165, 1.54) is 36.0 Å². The number of phenols is 1. The van der Waals surface area contributed by atoms with Crippen molar-refractivity contribution in [3.63, 3.8) is 0 Å². The molecule has 0 aromatic heterocycles. The van der Waals surface area contributed by atoms with Crippen molar-refractivity contribution < 1.29 is 19.9 Å². The average molecular weight is 394 g/mol. The molecular formula is C17H13Cl2N3O4. The van der Waals surface area contributed by atoms with Gasteiger partial charge in [-0.15, -0.1) is 0 Å². The Bertz CT molecular complexity index is 898. The van der Waals surface area contributed by atoms with Gasteiger partial charge in [0.25, 0.3) is 11.8 Å². The Kier molecular flexibility index (Phi) is 6.74. The molecule has 0 aliphatic heterocycles. The number of hydrogen-bond donors (Lipinski definition) is 4. The standard InChI is InChI=1S/C17H13Cl2N3O4/c18-13-7-12(16(24)14(19)8-13)9-20-21-17(25)11-3-1-2-10(6-11)4-5-15(23)22-26/h1-9,24,26H,(H,21,25)(H,22,23). The molecule has 26 heavy (non-hydrogen) atoms. The van der Waals surface area contributed by atoms with Gasteiger partial charge in [-0.1, -0.05) is 35.3 Å². The van der Waals surface area contributed by atoms with E-state index in [1.807, 2.05) is 0 Å². The van der Waals surface area contributed by atoms with Crippen molar-refractivity contribution in [2.75, 3.05) is 0 Å². The quantitative estimate of drug-likeness (QED) is 0.270. The highest BCUT2D eigenvalue weighted by molar-refractivity contribution is 6.36. The molecule has 2 aromatic carbocycles. The summed E-state index contributed by atoms with van der Waals surface area (Å²) in [4.78, 5) is 23.1. The van der Waals surface area contributed by atoms with E-state index in [9.17, 15) is 14.7 Å². The van der Waals surface area contributed by atoms with Crippen LogP contribution in [0.15, 0.2) is 47.6 Å². The Labute approximate surface area is 158 Å². The van der Waals surface area contributed by atoms with E-state index < -0.39 is 11.8 Å². The number of aromatic hydroxyl groups is 1. The molecule has 0 spiro atoms. The molecular weight excluding hydrogens is 381 g/mol. The number of hydroxylamine groups is 1. The second-order valence-corrected chi connectivity index (χ2v) is 5.80. The van der Waals surface area contributed by atoms with Gasteiger partial charge in [0.05, 0.1) is 11.2 Å². The Balaban J connectivity index is 2.09. The summed E-state index contributed by atoms with van der Waals surface area (Å²) in [5.41, 5.74) is 4.88. The lowest BCUT2D eigenvalue weighted by molar-refractivity contribution is -0.124. The first-order valence-electron chi connectivity index (χ1n) is 7.14. The molecule has 0 heterocycles. The fraction of sp³-hybridized carbons (Fsp3) is 0. The lowest BCUT2D eigenvalue weighted by Crippen LogP contribution is -2.17. The number of rotatable bonds is 5. The molecule has 0 unspecified atom stereocenters. The Morgan fingerprint density at radius 2 is 1.92 bits per heavy atom. The third-order valence-corrected chi connectivity index (χ3v) is 3.62. The number of hydrogen-bond acceptors (Lipinski definition) is 5. The van der Waals surface area contributed by atoms with Crippen LogP contribution < -0.4 is 10.9 Å². The lowest BCUT2D eigenvalue weighted by atomic mass is 10.1. The fourth-order valence-electron chi connectivity index (χ4n) is 1.90. The van der Waals surface area contributed by atoms with Crippen molar-refractivity contribution in [3.05, 3.63) is 69.2 Å². The maximum Gasteiger partial charge on any atom is 0.271 e. The Morgan fingerprint density at radius 3 is 2.65 bits per heavy atom. The van der Waals surface area contributed by atoms with Crippen LogP contribution >= 0.6 is 23.2 Å². The minimum atomic E-state index is -0.690. The second kappa shape index (κ2) is 9.00. The monoisotopic (exact) mass is 393 g/mol. The minimum absolute atomic E-state index is 0.0664. The minimum Gasteiger partial charge on any atom is -0.506 e. The highest BCUT2D eigenvalue weighted by Gasteiger charge is 2.07. The smallest absolute Gasteiger partial charge is 0.271 e. The van der Waals surface area contributed by atoms with Gasteiger partial charge in [0, 0.05) is 22.2 Å². The summed E-state index contributed by atoms with van der Waals surface area (Å²) < 4.78 is 0. The van der Waals surface area contributed by atoms with Crippen molar-refractivity contribution in [2.45, 2.75) is 0 Å². The van der Waals surface area contributed by atoms with Gasteiger partial charge in [0.2, 0.25) is 0 Å². The first-order chi connectivity index (χ1) is 12.4. The largest absolute Gasteiger partial charge is 0.506 e. The molecule has 134 valence electrons. The maximum atomic E-state index is 12.1. The summed E-state index contributed by atoms with van der Waals surface area (Å²) in [6.45, 7) is 0. The van der Waals surface area contributed by atoms with Crippen LogP contribution in [0.4, 0.5) is 0 Å². The first-order valence-corrected chi connectivity index (χ1v) is 7.90. The van der Waals surface area contributed by atoms with Crippen LogP contribution in [0.3, 0.4) is 0 Å². The van der Waals surface area contributed by atoms with E-state index in [2.05, 4.69) is 10.5 Å². The Hall–Kier alpha value is -2.87. The van der Waals surface area contributed by atoms with Crippen LogP contribution in [0.1, 0.15) is 21.5 Å². The van der Waals surface area contributed by atoms with Gasteiger partial charge in [-0.25, -0.2) is 10.9 Å². The predicted octanol–water partition coefficient (Wildman–Crippen LogP) is 2.98. The molecule has 2 aromatic rings. The summed E-state index contributed by atoms with van der Waals surface area (Å²) in [5, 5.41) is 22.4. The van der Waals surface area contributed by atoms with Crippen LogP contribution in [-0.2, 0) is 4.79 Å². The molecule has 0 fully saturated rings. The number of nitrogens with one attached hydrogen (secondary N) is 2. The van der Waals surface area contributed by atoms with Crippen LogP contribution in [-0.4, -0.2) is 28.3 Å². The zero-order valence-electron chi connectivity index (χ0n) is 13.1. The van der Waals surface area contributed by atoms with Crippen molar-refractivity contribution in [1.82, 2.24) is 10.9 Å². The van der Waals surface area contributed by atoms with Crippen LogP contribution in [0.2, 0.25) is 10.0 Å². The number of phenolic OH excluding ortho intramolecular Hbond substituents is 1. The van der Waals surface area contributed by atoms with Crippen LogP contribution in [0, 0.1) is 0 Å². The summed E-state index contributed by atoms with van der Waals surface area (Å²) in [6, 6.07) is 9.20. The second-order valence-electron chi connectivity index (χ2n) is 4.96. The average Bonchev–Trinajstić information content (AvgIpc) is 2.63. The molecule has 0 saturated carbocycles. The summed E-state index contributed by atoms with van der Waals surface area (Å²) in [5.74, 6) is -1.40. The molecule has 0 bridgehead atoms. The SMILES string of the molecule is O=C(C=Cc1cccc(C(=O)NN=Cc2cc(Cl)cc(Cl)c2O)c1)NO. The zero-order valence-corrected chi connectivity index (χ0v) is 14.6. The third-order valence-electron chi connectivity index (χ3n) is 3.11. The van der Waals surface area contributed by atoms with Gasteiger partial charge in [-0.3, -0.25) is 14.8 Å². The fourth-order valence-corrected chi connectivity index (χ4v) is 2.41. The number of benzene rings is 2. The van der Waals surface area contributed by atoms with Crippen molar-refractivity contribution >= 4 is 47.3 Å². The molecule has 2 rings (SSSR count). The van der Waals surface area contributed by atoms with Crippen molar-refractivity contribution in [1.29, 1.82) is 0 Å². The van der Waals surface area contributed by atoms with E-state index in [0.717, 1.165) is 6.08 Å². The molecule has 0 atom stereocenters. The number of carbonyl (C=O) groups excluding carboxylic acids is 2. The normalized spacial score (nSPS) is 11.0. The topological polar surface area (TPSA) is 111 Å². The number of halogens is 2. The van der Waals surface area contributed by atoms with Crippen molar-refractivity contribution in [2.24, 2.45) is 5.10 Å². The maximum absolute atomic E-state index is 12.1. The zero-order chi connectivity index (χ0) is 19.1. The molecule has 0 radical (unpaired) electrons. The van der Waals surface area contributed by atoms with Gasteiger partial charge in [-0.05, 0) is 35.9 Å². The van der Waals surface area contributed by atoms with Crippen LogP contribution in [0.25, 0.3) is 6.08 Å². The van der Waals surface area contributed by atoms with E-state index in [-0.39, 0.29) is 16.3 Å². The Morgan fingerprint density at radius 1 is 1.15 bits per heavy atom. The van der Waals surface area contributed by atoms with E-state index in [4.69, 9.17) is 28.4 Å². The summed E-state index contributed by atoms with van der Waals surface area (Å²) in [6.07, 6.45) is 3.75. The summed E-state index contributed by atoms with van der Waals surface area (Å²) >= 11 is 11.6. The molecule has 2 amide bonds. The summed E-state index contributed by atoms with van der Waals surface area (Å²) in [7, 11) is 0. The third kappa shape index (κ3) is 5.32. The highest BCUT2D eigenvalue weighted by atomic mass is 35.5. The molecule has 0 saturated heterocycles. The van der Waals surface area contributed by atoms with E-state index >= 15 is 0 Å². The number of nitrogens with zero attached hydrogens (tertiary/aromatic N) is 1. The van der Waals surface area contributed by atoms with Crippen LogP contribution in [0.5, 0.6) is 5.75 Å². The lowest BCUT2D eigenvalue weighted by Gasteiger charge is -2.03. The van der Waals surface area contributed by atoms with E-state index in [0.29, 0.717) is 16.1 Å². The molecule has 4 N–H and O–H groups in total. The number of amides is 2. The van der Waals surface area contributed by atoms with Gasteiger partial charge >= 0.3 is 0 Å². The van der Waals surface area contributed by atoms with Gasteiger partial charge in [-0.2, -0.15) is 5.10 Å². The first kappa shape index (κ1) is 19.5. The number of hydrazone groups is 1. The highest BCUT2D eigenvalue weighted by Crippen LogP contribution is 2.29. The molecule has 0 aliphatic rings. The molecule has 9 heteroatoms. The molecule has 7 nitrogen and oxygen atoms in total. The predicted molar refractivity (Wildman–Crippen MR) is 98.6 cm³/mol. The van der Waals surface area contributed by atoms with E-state index in [1.54, 1.807) is 18.2 Å². The van der Waals surface area contributed by atoms with Gasteiger partial charge in [0.1, 0.15) is 5.75 Å². The number of carbonyl (C=O) groups is 2. The van der Waals surface area contributed by atoms with Gasteiger partial charge in [0.15, 0.2) is 0 Å².